The van der Waals surface area contributed by atoms with Crippen LogP contribution in [0.25, 0.3) is 0 Å². The Bertz CT molecular complexity index is 167. The molecule has 0 fully saturated rings. The van der Waals surface area contributed by atoms with Crippen molar-refractivity contribution >= 4 is 28.5 Å². The molecule has 0 heterocycles. The van der Waals surface area contributed by atoms with E-state index in [1.165, 1.54) is 55.8 Å². The second-order valence-electron chi connectivity index (χ2n) is 4.97. The topological polar surface area (TPSA) is 29.1 Å². The lowest BCUT2D eigenvalue weighted by Crippen LogP contribution is -2.23. The Morgan fingerprint density at radius 1 is 0.889 bits per heavy atom. The lowest BCUT2D eigenvalue weighted by Gasteiger charge is -2.05. The van der Waals surface area contributed by atoms with Gasteiger partial charge < -0.3 is 5.32 Å². The molecular formula is C15H30INO. The summed E-state index contributed by atoms with van der Waals surface area (Å²) < 4.78 is 1.25. The summed E-state index contributed by atoms with van der Waals surface area (Å²) in [4.78, 5) is 11.5. The van der Waals surface area contributed by atoms with Gasteiger partial charge >= 0.3 is 0 Å². The quantitative estimate of drug-likeness (QED) is 0.281. The number of hydrogen-bond acceptors (Lipinski definition) is 1. The van der Waals surface area contributed by atoms with Crippen molar-refractivity contribution in [2.75, 3.05) is 11.0 Å². The minimum Gasteiger partial charge on any atom is -0.356 e. The highest BCUT2D eigenvalue weighted by molar-refractivity contribution is 14.1. The third kappa shape index (κ3) is 14.3. The molecule has 2 nitrogen and oxygen atoms in total. The lowest BCUT2D eigenvalue weighted by atomic mass is 10.1. The Morgan fingerprint density at radius 3 is 2.22 bits per heavy atom. The Hall–Kier alpha value is 0.200. The van der Waals surface area contributed by atoms with Crippen molar-refractivity contribution in [3.05, 3.63) is 0 Å². The van der Waals surface area contributed by atoms with E-state index in [1.54, 1.807) is 0 Å². The fraction of sp³-hybridized carbons (Fsp3) is 0.933. The van der Waals surface area contributed by atoms with Crippen molar-refractivity contribution in [3.63, 3.8) is 0 Å². The van der Waals surface area contributed by atoms with Crippen LogP contribution in [0.2, 0.25) is 0 Å². The molecule has 0 bridgehead atoms. The van der Waals surface area contributed by atoms with Crippen molar-refractivity contribution in [3.8, 4) is 0 Å². The van der Waals surface area contributed by atoms with Gasteiger partial charge in [0.2, 0.25) is 5.91 Å². The number of hydrogen-bond donors (Lipinski definition) is 1. The summed E-state index contributed by atoms with van der Waals surface area (Å²) in [7, 11) is 0. The number of alkyl halides is 1. The van der Waals surface area contributed by atoms with Gasteiger partial charge in [-0.05, 0) is 23.7 Å². The van der Waals surface area contributed by atoms with Gasteiger partial charge in [-0.2, -0.15) is 0 Å². The summed E-state index contributed by atoms with van der Waals surface area (Å²) >= 11 is 2.42. The summed E-state index contributed by atoms with van der Waals surface area (Å²) in [6.45, 7) is 3.10. The van der Waals surface area contributed by atoms with Gasteiger partial charge in [-0.25, -0.2) is 0 Å². The van der Waals surface area contributed by atoms with Crippen LogP contribution in [0, 0.1) is 0 Å². The first kappa shape index (κ1) is 18.2. The summed E-state index contributed by atoms with van der Waals surface area (Å²) in [5.41, 5.74) is 0. The van der Waals surface area contributed by atoms with Gasteiger partial charge in [-0.1, -0.05) is 74.5 Å². The predicted molar refractivity (Wildman–Crippen MR) is 88.4 cm³/mol. The summed E-state index contributed by atoms with van der Waals surface area (Å²) in [5.74, 6) is 0.249. The number of amides is 1. The van der Waals surface area contributed by atoms with E-state index < -0.39 is 0 Å². The van der Waals surface area contributed by atoms with Crippen LogP contribution in [0.5, 0.6) is 0 Å². The van der Waals surface area contributed by atoms with E-state index in [-0.39, 0.29) is 5.91 Å². The van der Waals surface area contributed by atoms with E-state index in [2.05, 4.69) is 34.8 Å². The lowest BCUT2D eigenvalue weighted by molar-refractivity contribution is -0.121. The summed E-state index contributed by atoms with van der Waals surface area (Å²) in [6, 6.07) is 0. The number of unbranched alkanes of at least 4 members (excludes halogenated alkanes) is 8. The highest BCUT2D eigenvalue weighted by Gasteiger charge is 2.00. The Labute approximate surface area is 127 Å². The maximum atomic E-state index is 11.5. The predicted octanol–water partition coefficient (Wildman–Crippen LogP) is 4.85. The molecule has 108 valence electrons. The molecule has 0 aliphatic carbocycles. The fourth-order valence-electron chi connectivity index (χ4n) is 1.96. The highest BCUT2D eigenvalue weighted by Crippen LogP contribution is 2.06. The van der Waals surface area contributed by atoms with E-state index in [0.29, 0.717) is 0 Å². The molecule has 3 heteroatoms. The maximum Gasteiger partial charge on any atom is 0.219 e. The SMILES string of the molecule is CCCCCCCCC(=O)NCCCCCCI. The van der Waals surface area contributed by atoms with Crippen molar-refractivity contribution in [1.82, 2.24) is 5.32 Å². The molecular weight excluding hydrogens is 337 g/mol. The normalized spacial score (nSPS) is 10.6. The minimum atomic E-state index is 0.249. The van der Waals surface area contributed by atoms with Crippen molar-refractivity contribution < 1.29 is 4.79 Å². The van der Waals surface area contributed by atoms with Gasteiger partial charge in [0.25, 0.3) is 0 Å². The molecule has 0 atom stereocenters. The number of nitrogens with one attached hydrogen (secondary N) is 1. The zero-order valence-corrected chi connectivity index (χ0v) is 14.1. The first-order chi connectivity index (χ1) is 8.81. The monoisotopic (exact) mass is 367 g/mol. The Balaban J connectivity index is 3.12. The van der Waals surface area contributed by atoms with E-state index >= 15 is 0 Å². The van der Waals surface area contributed by atoms with Crippen molar-refractivity contribution in [2.45, 2.75) is 77.6 Å². The molecule has 0 unspecified atom stereocenters. The molecule has 0 aliphatic rings. The smallest absolute Gasteiger partial charge is 0.219 e. The van der Waals surface area contributed by atoms with Gasteiger partial charge in [0, 0.05) is 13.0 Å². The molecule has 0 aromatic rings. The Morgan fingerprint density at radius 2 is 1.50 bits per heavy atom. The van der Waals surface area contributed by atoms with Crippen LogP contribution in [-0.4, -0.2) is 16.9 Å². The molecule has 18 heavy (non-hydrogen) atoms. The van der Waals surface area contributed by atoms with E-state index in [9.17, 15) is 4.79 Å². The van der Waals surface area contributed by atoms with E-state index in [1.807, 2.05) is 0 Å². The summed E-state index contributed by atoms with van der Waals surface area (Å²) in [5, 5.41) is 3.02. The summed E-state index contributed by atoms with van der Waals surface area (Å²) in [6.07, 6.45) is 13.2. The number of carbonyl (C=O) groups is 1. The fourth-order valence-corrected chi connectivity index (χ4v) is 2.49. The molecule has 0 aromatic carbocycles. The van der Waals surface area contributed by atoms with Crippen molar-refractivity contribution in [2.24, 2.45) is 0 Å². The minimum absolute atomic E-state index is 0.249. The first-order valence-electron chi connectivity index (χ1n) is 7.64. The van der Waals surface area contributed by atoms with Gasteiger partial charge in [0.05, 0.1) is 0 Å². The van der Waals surface area contributed by atoms with Gasteiger partial charge in [0.1, 0.15) is 0 Å². The number of carbonyl (C=O) groups excluding carboxylic acids is 1. The van der Waals surface area contributed by atoms with Crippen LogP contribution in [0.3, 0.4) is 0 Å². The number of halogens is 1. The molecule has 0 spiro atoms. The highest BCUT2D eigenvalue weighted by atomic mass is 127. The average molecular weight is 367 g/mol. The molecule has 0 radical (unpaired) electrons. The molecule has 1 N–H and O–H groups in total. The van der Waals surface area contributed by atoms with Gasteiger partial charge in [-0.15, -0.1) is 0 Å². The Kier molecular flexibility index (Phi) is 15.4. The molecule has 0 saturated carbocycles. The van der Waals surface area contributed by atoms with Crippen LogP contribution in [0.15, 0.2) is 0 Å². The molecule has 0 saturated heterocycles. The average Bonchev–Trinajstić information content (AvgIpc) is 2.38. The van der Waals surface area contributed by atoms with Gasteiger partial charge in [0.15, 0.2) is 0 Å². The second-order valence-corrected chi connectivity index (χ2v) is 6.05. The third-order valence-electron chi connectivity index (χ3n) is 3.14. The second kappa shape index (κ2) is 15.3. The van der Waals surface area contributed by atoms with Crippen molar-refractivity contribution in [1.29, 1.82) is 0 Å². The van der Waals surface area contributed by atoms with E-state index in [4.69, 9.17) is 0 Å². The van der Waals surface area contributed by atoms with Gasteiger partial charge in [-0.3, -0.25) is 4.79 Å². The zero-order chi connectivity index (χ0) is 13.5. The maximum absolute atomic E-state index is 11.5. The van der Waals surface area contributed by atoms with Crippen LogP contribution in [0.4, 0.5) is 0 Å². The molecule has 0 aromatic heterocycles. The van der Waals surface area contributed by atoms with E-state index in [0.717, 1.165) is 25.8 Å². The molecule has 0 rings (SSSR count). The molecule has 1 amide bonds. The third-order valence-corrected chi connectivity index (χ3v) is 3.90. The van der Waals surface area contributed by atoms with Crippen LogP contribution in [-0.2, 0) is 4.79 Å². The molecule has 0 aliphatic heterocycles. The standard InChI is InChI=1S/C15H30INO/c1-2-3-4-5-6-9-12-15(18)17-14-11-8-7-10-13-16/h2-14H2,1H3,(H,17,18). The number of rotatable bonds is 13. The first-order valence-corrected chi connectivity index (χ1v) is 9.16. The van der Waals surface area contributed by atoms with Crippen LogP contribution < -0.4 is 5.32 Å². The van der Waals surface area contributed by atoms with Crippen LogP contribution in [0.1, 0.15) is 77.6 Å². The largest absolute Gasteiger partial charge is 0.356 e. The van der Waals surface area contributed by atoms with Crippen LogP contribution >= 0.6 is 22.6 Å². The zero-order valence-electron chi connectivity index (χ0n) is 12.0.